The van der Waals surface area contributed by atoms with Crippen LogP contribution in [0.3, 0.4) is 0 Å². The average molecular weight is 507 g/mol. The lowest BCUT2D eigenvalue weighted by Gasteiger charge is -2.12. The Bertz CT molecular complexity index is 1600. The van der Waals surface area contributed by atoms with Gasteiger partial charge in [0.1, 0.15) is 5.82 Å². The normalized spacial score (nSPS) is 11.6. The molecule has 2 heterocycles. The third-order valence-electron chi connectivity index (χ3n) is 6.43. The molecule has 0 spiro atoms. The zero-order chi connectivity index (χ0) is 25.6. The van der Waals surface area contributed by atoms with Crippen LogP contribution in [0.1, 0.15) is 36.5 Å². The number of hydrogen-bond donors (Lipinski definition) is 2. The predicted molar refractivity (Wildman–Crippen MR) is 142 cm³/mol. The number of nitrogens with zero attached hydrogens (tertiary/aromatic N) is 4. The predicted octanol–water partition coefficient (Wildman–Crippen LogP) is 7.54. The molecular weight excluding hydrogens is 477 g/mol. The summed E-state index contributed by atoms with van der Waals surface area (Å²) in [7, 11) is 1.84. The van der Waals surface area contributed by atoms with E-state index in [2.05, 4.69) is 29.5 Å². The summed E-state index contributed by atoms with van der Waals surface area (Å²) < 4.78 is 41.4. The fourth-order valence-corrected chi connectivity index (χ4v) is 4.67. The van der Waals surface area contributed by atoms with Crippen LogP contribution in [-0.2, 0) is 26.1 Å². The maximum Gasteiger partial charge on any atom is 0.416 e. The van der Waals surface area contributed by atoms with E-state index >= 15 is 0 Å². The van der Waals surface area contributed by atoms with Crippen molar-refractivity contribution in [1.29, 1.82) is 0 Å². The number of aryl methyl sites for hydroxylation is 4. The number of benzene rings is 3. The molecule has 0 fully saturated rings. The minimum Gasteiger partial charge on any atom is -0.344 e. The molecule has 5 aromatic rings. The molecule has 6 nitrogen and oxygen atoms in total. The SMILES string of the molecule is CCc1nc(CC)c2cc(-c3c(C)ccc4c(Nc5cccc(C(F)(F)F)c5)nn(C)c34)ccc2n1.N. The van der Waals surface area contributed by atoms with Gasteiger partial charge in [-0.1, -0.05) is 32.0 Å². The van der Waals surface area contributed by atoms with E-state index in [-0.39, 0.29) is 6.15 Å². The van der Waals surface area contributed by atoms with Gasteiger partial charge in [0, 0.05) is 35.5 Å². The molecule has 0 amide bonds. The minimum atomic E-state index is -4.41. The molecule has 0 saturated carbocycles. The molecule has 0 unspecified atom stereocenters. The Balaban J connectivity index is 0.00000320. The van der Waals surface area contributed by atoms with Gasteiger partial charge in [0.2, 0.25) is 0 Å². The molecule has 0 atom stereocenters. The standard InChI is InChI=1S/C28H26F3N5.H3N/c1-5-22-21-14-17(11-13-23(21)34-24(6-2)33-22)25-16(3)10-12-20-26(25)36(4)35-27(20)32-19-9-7-8-18(15-19)28(29,30)31;/h7-15H,5-6H2,1-4H3,(H,32,35);1H3. The van der Waals surface area contributed by atoms with Gasteiger partial charge in [0.25, 0.3) is 0 Å². The lowest BCUT2D eigenvalue weighted by molar-refractivity contribution is -0.137. The van der Waals surface area contributed by atoms with Crippen molar-refractivity contribution in [2.45, 2.75) is 39.8 Å². The van der Waals surface area contributed by atoms with Crippen LogP contribution < -0.4 is 11.5 Å². The van der Waals surface area contributed by atoms with Crippen molar-refractivity contribution in [3.8, 4) is 11.1 Å². The lowest BCUT2D eigenvalue weighted by atomic mass is 9.95. The highest BCUT2D eigenvalue weighted by Crippen LogP contribution is 2.38. The topological polar surface area (TPSA) is 90.6 Å². The number of alkyl halides is 3. The van der Waals surface area contributed by atoms with Gasteiger partial charge in [-0.25, -0.2) is 9.97 Å². The summed E-state index contributed by atoms with van der Waals surface area (Å²) in [4.78, 5) is 9.43. The molecular formula is C28H29F3N6. The van der Waals surface area contributed by atoms with Crippen molar-refractivity contribution in [2.24, 2.45) is 7.05 Å². The zero-order valence-corrected chi connectivity index (χ0v) is 21.2. The molecule has 3 aromatic carbocycles. The van der Waals surface area contributed by atoms with Gasteiger partial charge in [0.15, 0.2) is 5.82 Å². The van der Waals surface area contributed by atoms with E-state index in [0.717, 1.165) is 75.0 Å². The van der Waals surface area contributed by atoms with Crippen LogP contribution in [0.4, 0.5) is 24.7 Å². The van der Waals surface area contributed by atoms with Gasteiger partial charge in [-0.15, -0.1) is 0 Å². The van der Waals surface area contributed by atoms with Gasteiger partial charge < -0.3 is 11.5 Å². The Kier molecular flexibility index (Phi) is 6.92. The Hall–Kier alpha value is -3.98. The van der Waals surface area contributed by atoms with Crippen LogP contribution in [0.2, 0.25) is 0 Å². The van der Waals surface area contributed by atoms with Gasteiger partial charge >= 0.3 is 6.18 Å². The highest BCUT2D eigenvalue weighted by atomic mass is 19.4. The van der Waals surface area contributed by atoms with Gasteiger partial charge in [-0.3, -0.25) is 4.68 Å². The van der Waals surface area contributed by atoms with Crippen molar-refractivity contribution >= 4 is 33.3 Å². The van der Waals surface area contributed by atoms with E-state index in [9.17, 15) is 13.2 Å². The van der Waals surface area contributed by atoms with Crippen LogP contribution in [0.15, 0.2) is 54.6 Å². The third kappa shape index (κ3) is 4.74. The molecule has 4 N–H and O–H groups in total. The first-order valence-electron chi connectivity index (χ1n) is 11.9. The quantitative estimate of drug-likeness (QED) is 0.257. The molecule has 0 radical (unpaired) electrons. The van der Waals surface area contributed by atoms with Crippen LogP contribution in [0, 0.1) is 6.92 Å². The van der Waals surface area contributed by atoms with E-state index < -0.39 is 11.7 Å². The van der Waals surface area contributed by atoms with Gasteiger partial charge in [0.05, 0.1) is 22.3 Å². The first kappa shape index (κ1) is 26.1. The number of rotatable bonds is 5. The Morgan fingerprint density at radius 3 is 2.41 bits per heavy atom. The summed E-state index contributed by atoms with van der Waals surface area (Å²) in [6.07, 6.45) is -2.83. The van der Waals surface area contributed by atoms with E-state index in [1.54, 1.807) is 10.7 Å². The largest absolute Gasteiger partial charge is 0.416 e. The van der Waals surface area contributed by atoms with Crippen molar-refractivity contribution in [3.05, 3.63) is 77.2 Å². The second kappa shape index (κ2) is 9.82. The van der Waals surface area contributed by atoms with Crippen LogP contribution in [-0.4, -0.2) is 19.7 Å². The Morgan fingerprint density at radius 2 is 1.70 bits per heavy atom. The number of nitrogens with one attached hydrogen (secondary N) is 1. The van der Waals surface area contributed by atoms with Crippen LogP contribution in [0.5, 0.6) is 0 Å². The summed E-state index contributed by atoms with van der Waals surface area (Å²) >= 11 is 0. The molecule has 0 aliphatic rings. The summed E-state index contributed by atoms with van der Waals surface area (Å²) in [6.45, 7) is 6.18. The first-order chi connectivity index (χ1) is 17.2. The average Bonchev–Trinajstić information content (AvgIpc) is 3.17. The second-order valence-electron chi connectivity index (χ2n) is 8.85. The maximum absolute atomic E-state index is 13.2. The molecule has 0 aliphatic carbocycles. The third-order valence-corrected chi connectivity index (χ3v) is 6.43. The van der Waals surface area contributed by atoms with Crippen LogP contribution in [0.25, 0.3) is 32.9 Å². The van der Waals surface area contributed by atoms with Crippen molar-refractivity contribution in [3.63, 3.8) is 0 Å². The van der Waals surface area contributed by atoms with E-state index in [4.69, 9.17) is 9.97 Å². The molecule has 0 saturated heterocycles. The molecule has 192 valence electrons. The number of aromatic nitrogens is 4. The zero-order valence-electron chi connectivity index (χ0n) is 21.2. The summed E-state index contributed by atoms with van der Waals surface area (Å²) in [6, 6.07) is 15.3. The smallest absolute Gasteiger partial charge is 0.344 e. The van der Waals surface area contributed by atoms with Crippen molar-refractivity contribution in [1.82, 2.24) is 25.9 Å². The number of halogens is 3. The number of anilines is 2. The molecule has 2 aromatic heterocycles. The summed E-state index contributed by atoms with van der Waals surface area (Å²) in [5.74, 6) is 1.33. The molecule has 0 bridgehead atoms. The first-order valence-corrected chi connectivity index (χ1v) is 11.9. The van der Waals surface area contributed by atoms with E-state index in [1.807, 2.05) is 39.1 Å². The summed E-state index contributed by atoms with van der Waals surface area (Å²) in [5.41, 5.74) is 5.55. The highest BCUT2D eigenvalue weighted by Gasteiger charge is 2.30. The fraction of sp³-hybridized carbons (Fsp3) is 0.250. The minimum absolute atomic E-state index is 0. The van der Waals surface area contributed by atoms with E-state index in [1.165, 1.54) is 6.07 Å². The molecule has 0 aliphatic heterocycles. The highest BCUT2D eigenvalue weighted by molar-refractivity contribution is 6.03. The fourth-order valence-electron chi connectivity index (χ4n) is 4.67. The summed E-state index contributed by atoms with van der Waals surface area (Å²) in [5, 5.41) is 9.55. The van der Waals surface area contributed by atoms with Crippen molar-refractivity contribution in [2.75, 3.05) is 5.32 Å². The van der Waals surface area contributed by atoms with Crippen LogP contribution >= 0.6 is 0 Å². The van der Waals surface area contributed by atoms with Crippen molar-refractivity contribution < 1.29 is 13.2 Å². The lowest BCUT2D eigenvalue weighted by Crippen LogP contribution is -2.05. The Labute approximate surface area is 213 Å². The maximum atomic E-state index is 13.2. The number of hydrogen-bond acceptors (Lipinski definition) is 5. The van der Waals surface area contributed by atoms with E-state index in [0.29, 0.717) is 11.5 Å². The van der Waals surface area contributed by atoms with Gasteiger partial charge in [-0.05, 0) is 60.9 Å². The van der Waals surface area contributed by atoms with Gasteiger partial charge in [-0.2, -0.15) is 18.3 Å². The monoisotopic (exact) mass is 506 g/mol. The molecule has 9 heteroatoms. The number of fused-ring (bicyclic) bond motifs is 2. The Morgan fingerprint density at radius 1 is 0.919 bits per heavy atom. The molecule has 37 heavy (non-hydrogen) atoms. The molecule has 5 rings (SSSR count). The second-order valence-corrected chi connectivity index (χ2v) is 8.85.